The highest BCUT2D eigenvalue weighted by atomic mass is 35.5. The molecule has 0 bridgehead atoms. The number of benzene rings is 2. The summed E-state index contributed by atoms with van der Waals surface area (Å²) >= 11 is 6.05. The molecule has 1 N–H and O–H groups in total. The van der Waals surface area contributed by atoms with Crippen molar-refractivity contribution in [2.24, 2.45) is 0 Å². The minimum atomic E-state index is -1.29. The second kappa shape index (κ2) is 4.87. The maximum atomic E-state index is 11.2. The second-order valence-electron chi connectivity index (χ2n) is 5.76. The third kappa shape index (κ3) is 1.97. The van der Waals surface area contributed by atoms with Gasteiger partial charge in [0.15, 0.2) is 0 Å². The number of nitrogens with zero attached hydrogens (tertiary/aromatic N) is 1. The Morgan fingerprint density at radius 3 is 2.71 bits per heavy atom. The molecule has 3 rings (SSSR count). The van der Waals surface area contributed by atoms with E-state index in [4.69, 9.17) is 11.6 Å². The number of aliphatic hydroxyl groups is 1. The van der Waals surface area contributed by atoms with Crippen molar-refractivity contribution < 1.29 is 5.11 Å². The highest BCUT2D eigenvalue weighted by Gasteiger charge is 2.53. The quantitative estimate of drug-likeness (QED) is 0.912. The summed E-state index contributed by atoms with van der Waals surface area (Å²) in [5, 5.41) is 21.7. The molecule has 0 saturated heterocycles. The smallest absolute Gasteiger partial charge is 0.115 e. The SMILES string of the molecule is CC(O)(c1cccc(Cl)c1)C1(C#N)CCc2ccccc21. The third-order valence-corrected chi connectivity index (χ3v) is 4.89. The summed E-state index contributed by atoms with van der Waals surface area (Å²) in [7, 11) is 0. The van der Waals surface area contributed by atoms with E-state index in [-0.39, 0.29) is 0 Å². The molecule has 0 amide bonds. The first kappa shape index (κ1) is 14.1. The van der Waals surface area contributed by atoms with E-state index in [1.54, 1.807) is 25.1 Å². The van der Waals surface area contributed by atoms with E-state index in [2.05, 4.69) is 6.07 Å². The molecule has 2 aromatic carbocycles. The van der Waals surface area contributed by atoms with E-state index in [0.717, 1.165) is 17.5 Å². The molecule has 0 heterocycles. The Morgan fingerprint density at radius 1 is 1.24 bits per heavy atom. The average Bonchev–Trinajstić information content (AvgIpc) is 2.88. The Kier molecular flexibility index (Phi) is 3.28. The minimum Gasteiger partial charge on any atom is -0.383 e. The summed E-state index contributed by atoms with van der Waals surface area (Å²) < 4.78 is 0. The maximum absolute atomic E-state index is 11.2. The van der Waals surface area contributed by atoms with Crippen molar-refractivity contribution in [2.45, 2.75) is 30.8 Å². The fourth-order valence-corrected chi connectivity index (χ4v) is 3.57. The molecule has 0 fully saturated rings. The Balaban J connectivity index is 2.19. The molecule has 0 aromatic heterocycles. The summed E-state index contributed by atoms with van der Waals surface area (Å²) in [4.78, 5) is 0. The molecule has 1 aliphatic rings. The van der Waals surface area contributed by atoms with Crippen molar-refractivity contribution in [3.63, 3.8) is 0 Å². The van der Waals surface area contributed by atoms with Crippen LogP contribution < -0.4 is 0 Å². The molecule has 1 aliphatic carbocycles. The molecule has 2 unspecified atom stereocenters. The summed E-state index contributed by atoms with van der Waals surface area (Å²) in [6.07, 6.45) is 1.42. The standard InChI is InChI=1S/C18H16ClNO/c1-17(21,14-6-4-7-15(19)11-14)18(12-20)10-9-13-5-2-3-8-16(13)18/h2-8,11,21H,9-10H2,1H3. The number of rotatable bonds is 2. The van der Waals surface area contributed by atoms with Crippen LogP contribution in [0.25, 0.3) is 0 Å². The predicted molar refractivity (Wildman–Crippen MR) is 83.1 cm³/mol. The third-order valence-electron chi connectivity index (χ3n) is 4.66. The average molecular weight is 298 g/mol. The summed E-state index contributed by atoms with van der Waals surface area (Å²) in [5.74, 6) is 0. The first-order valence-corrected chi connectivity index (χ1v) is 7.37. The van der Waals surface area contributed by atoms with Gasteiger partial charge in [0.05, 0.1) is 6.07 Å². The Hall–Kier alpha value is -1.82. The van der Waals surface area contributed by atoms with Gasteiger partial charge in [-0.1, -0.05) is 48.0 Å². The van der Waals surface area contributed by atoms with Crippen molar-refractivity contribution >= 4 is 11.6 Å². The van der Waals surface area contributed by atoms with Crippen LogP contribution >= 0.6 is 11.6 Å². The Labute approximate surface area is 129 Å². The van der Waals surface area contributed by atoms with E-state index >= 15 is 0 Å². The van der Waals surface area contributed by atoms with Gasteiger partial charge in [0.25, 0.3) is 0 Å². The number of hydrogen-bond acceptors (Lipinski definition) is 2. The fraction of sp³-hybridized carbons (Fsp3) is 0.278. The summed E-state index contributed by atoms with van der Waals surface area (Å²) in [6.45, 7) is 1.71. The van der Waals surface area contributed by atoms with E-state index < -0.39 is 11.0 Å². The van der Waals surface area contributed by atoms with Gasteiger partial charge >= 0.3 is 0 Å². The second-order valence-corrected chi connectivity index (χ2v) is 6.19. The minimum absolute atomic E-state index is 0.562. The van der Waals surface area contributed by atoms with Crippen molar-refractivity contribution in [2.75, 3.05) is 0 Å². The molecular formula is C18H16ClNO. The van der Waals surface area contributed by atoms with Crippen LogP contribution in [-0.4, -0.2) is 5.11 Å². The zero-order valence-corrected chi connectivity index (χ0v) is 12.6. The number of aryl methyl sites for hydroxylation is 1. The lowest BCUT2D eigenvalue weighted by atomic mass is 9.67. The molecule has 2 nitrogen and oxygen atoms in total. The number of hydrogen-bond donors (Lipinski definition) is 1. The molecular weight excluding hydrogens is 282 g/mol. The zero-order chi connectivity index (χ0) is 15.1. The maximum Gasteiger partial charge on any atom is 0.115 e. The van der Waals surface area contributed by atoms with Crippen molar-refractivity contribution in [3.05, 3.63) is 70.2 Å². The lowest BCUT2D eigenvalue weighted by molar-refractivity contribution is -0.00408. The molecule has 0 saturated carbocycles. The fourth-order valence-electron chi connectivity index (χ4n) is 3.38. The van der Waals surface area contributed by atoms with Crippen LogP contribution in [0.15, 0.2) is 48.5 Å². The number of halogens is 1. The molecule has 21 heavy (non-hydrogen) atoms. The predicted octanol–water partition coefficient (Wildman–Crippen LogP) is 3.96. The lowest BCUT2D eigenvalue weighted by Crippen LogP contribution is -2.44. The highest BCUT2D eigenvalue weighted by Crippen LogP contribution is 2.50. The van der Waals surface area contributed by atoms with Crippen LogP contribution in [0.3, 0.4) is 0 Å². The lowest BCUT2D eigenvalue weighted by Gasteiger charge is -2.38. The molecule has 2 aromatic rings. The zero-order valence-electron chi connectivity index (χ0n) is 11.8. The topological polar surface area (TPSA) is 44.0 Å². The molecule has 3 heteroatoms. The van der Waals surface area contributed by atoms with Crippen LogP contribution in [-0.2, 0) is 17.4 Å². The monoisotopic (exact) mass is 297 g/mol. The first-order valence-electron chi connectivity index (χ1n) is 6.99. The Morgan fingerprint density at radius 2 is 2.00 bits per heavy atom. The van der Waals surface area contributed by atoms with Gasteiger partial charge in [0.1, 0.15) is 11.0 Å². The summed E-state index contributed by atoms with van der Waals surface area (Å²) in [6, 6.07) is 17.4. The van der Waals surface area contributed by atoms with Crippen LogP contribution in [0.2, 0.25) is 5.02 Å². The van der Waals surface area contributed by atoms with Crippen LogP contribution in [0, 0.1) is 11.3 Å². The van der Waals surface area contributed by atoms with Crippen molar-refractivity contribution in [1.82, 2.24) is 0 Å². The van der Waals surface area contributed by atoms with Crippen molar-refractivity contribution in [3.8, 4) is 6.07 Å². The molecule has 0 radical (unpaired) electrons. The first-order chi connectivity index (χ1) is 10.0. The normalized spacial score (nSPS) is 23.1. The molecule has 0 spiro atoms. The highest BCUT2D eigenvalue weighted by molar-refractivity contribution is 6.30. The molecule has 2 atom stereocenters. The number of nitriles is 1. The van der Waals surface area contributed by atoms with Gasteiger partial charge in [-0.15, -0.1) is 0 Å². The van der Waals surface area contributed by atoms with Gasteiger partial charge < -0.3 is 5.11 Å². The molecule has 106 valence electrons. The van der Waals surface area contributed by atoms with Crippen LogP contribution in [0.5, 0.6) is 0 Å². The molecule has 0 aliphatic heterocycles. The van der Waals surface area contributed by atoms with Crippen molar-refractivity contribution in [1.29, 1.82) is 5.26 Å². The van der Waals surface area contributed by atoms with E-state index in [1.807, 2.05) is 30.3 Å². The van der Waals surface area contributed by atoms with Gasteiger partial charge in [0.2, 0.25) is 0 Å². The van der Waals surface area contributed by atoms with Gasteiger partial charge in [-0.2, -0.15) is 5.26 Å². The van der Waals surface area contributed by atoms with Gasteiger partial charge in [-0.05, 0) is 48.6 Å². The van der Waals surface area contributed by atoms with Crippen LogP contribution in [0.4, 0.5) is 0 Å². The summed E-state index contributed by atoms with van der Waals surface area (Å²) in [5.41, 5.74) is 0.514. The van der Waals surface area contributed by atoms with Gasteiger partial charge in [0, 0.05) is 5.02 Å². The van der Waals surface area contributed by atoms with Crippen LogP contribution in [0.1, 0.15) is 30.0 Å². The Bertz CT molecular complexity index is 732. The van der Waals surface area contributed by atoms with E-state index in [1.165, 1.54) is 0 Å². The van der Waals surface area contributed by atoms with Gasteiger partial charge in [-0.3, -0.25) is 0 Å². The van der Waals surface area contributed by atoms with Gasteiger partial charge in [-0.25, -0.2) is 0 Å². The van der Waals surface area contributed by atoms with E-state index in [0.29, 0.717) is 17.0 Å². The largest absolute Gasteiger partial charge is 0.383 e. The number of fused-ring (bicyclic) bond motifs is 1. The van der Waals surface area contributed by atoms with E-state index in [9.17, 15) is 10.4 Å².